The zero-order valence-corrected chi connectivity index (χ0v) is 11.8. The van der Waals surface area contributed by atoms with Gasteiger partial charge in [0.05, 0.1) is 0 Å². The fourth-order valence-electron chi connectivity index (χ4n) is 0.606. The minimum absolute atomic E-state index is 0. The predicted molar refractivity (Wildman–Crippen MR) is 46.0 cm³/mol. The summed E-state index contributed by atoms with van der Waals surface area (Å²) >= 11 is 0. The summed E-state index contributed by atoms with van der Waals surface area (Å²) in [6.07, 6.45) is 0. The third-order valence-corrected chi connectivity index (χ3v) is 1.80. The number of likely N-dealkylation sites (N-methyl/N-ethyl adjacent to an activating group) is 1. The molecule has 1 nitrogen and oxygen atoms in total. The van der Waals surface area contributed by atoms with Crippen molar-refractivity contribution in [2.24, 2.45) is 0 Å². The van der Waals surface area contributed by atoms with E-state index in [1.807, 2.05) is 13.8 Å². The van der Waals surface area contributed by atoms with Crippen LogP contribution in [0.2, 0.25) is 0 Å². The van der Waals surface area contributed by atoms with Gasteiger partial charge in [-0.3, -0.25) is 0 Å². The Kier molecular flexibility index (Phi) is 8.48. The summed E-state index contributed by atoms with van der Waals surface area (Å²) in [6, 6.07) is 0.111. The molecule has 0 aromatic heterocycles. The van der Waals surface area contributed by atoms with Crippen LogP contribution in [0.4, 0.5) is 12.9 Å². The Morgan fingerprint density at radius 3 is 2.00 bits per heavy atom. The fourth-order valence-corrected chi connectivity index (χ4v) is 0.606. The van der Waals surface area contributed by atoms with Crippen LogP contribution in [0.5, 0.6) is 0 Å². The number of hydrogen-bond acceptors (Lipinski definition) is 1. The van der Waals surface area contributed by atoms with E-state index in [1.54, 1.807) is 11.9 Å². The minimum Gasteiger partial charge on any atom is -0.445 e. The Bertz CT molecular complexity index is 170. The summed E-state index contributed by atoms with van der Waals surface area (Å²) in [6.45, 7) is 1.74. The predicted octanol–water partition coefficient (Wildman–Crippen LogP) is -0.727. The van der Waals surface area contributed by atoms with E-state index in [2.05, 4.69) is 6.58 Å². The summed E-state index contributed by atoms with van der Waals surface area (Å²) in [7, 11) is 1.65. The quantitative estimate of drug-likeness (QED) is 0.564. The van der Waals surface area contributed by atoms with Gasteiger partial charge in [0.25, 0.3) is 0 Å². The van der Waals surface area contributed by atoms with Crippen LogP contribution >= 0.6 is 0 Å². The molecule has 0 aliphatic heterocycles. The van der Waals surface area contributed by atoms with E-state index in [0.717, 1.165) is 0 Å². The van der Waals surface area contributed by atoms with Crippen LogP contribution < -0.4 is 51.4 Å². The van der Waals surface area contributed by atoms with Crippen LogP contribution in [-0.2, 0) is 0 Å². The van der Waals surface area contributed by atoms with Crippen molar-refractivity contribution in [3.63, 3.8) is 0 Å². The molecule has 0 saturated carbocycles. The van der Waals surface area contributed by atoms with Gasteiger partial charge in [0, 0.05) is 6.04 Å². The normalized spacial score (nSPS) is 11.7. The molecule has 0 N–H and O–H groups in total. The first-order chi connectivity index (χ1) is 5.25. The second kappa shape index (κ2) is 6.63. The van der Waals surface area contributed by atoms with Crippen LogP contribution in [0, 0.1) is 0 Å². The van der Waals surface area contributed by atoms with Crippen LogP contribution in [-0.4, -0.2) is 31.5 Å². The third-order valence-electron chi connectivity index (χ3n) is 1.80. The van der Waals surface area contributed by atoms with Gasteiger partial charge in [-0.05, 0) is 27.4 Å². The monoisotopic (exact) mass is 219 g/mol. The minimum atomic E-state index is -4.87. The molecule has 0 atom stereocenters. The summed E-state index contributed by atoms with van der Waals surface area (Å²) in [5.74, 6) is 0. The van der Waals surface area contributed by atoms with Gasteiger partial charge < -0.3 is 17.8 Å². The smallest absolute Gasteiger partial charge is 0.445 e. The van der Waals surface area contributed by atoms with Gasteiger partial charge in [0.15, 0.2) is 0 Å². The largest absolute Gasteiger partial charge is 1.00 e. The van der Waals surface area contributed by atoms with Crippen molar-refractivity contribution < 1.29 is 64.3 Å². The van der Waals surface area contributed by atoms with E-state index in [1.165, 1.54) is 0 Å². The molecule has 72 valence electrons. The average molecular weight is 219 g/mol. The molecular formula is C7H14BF3KN. The third kappa shape index (κ3) is 7.16. The molecule has 0 aromatic rings. The number of nitrogens with zero attached hydrogens (tertiary/aromatic N) is 1. The molecule has 0 heterocycles. The molecule has 0 saturated heterocycles. The first kappa shape index (κ1) is 16.6. The molecule has 0 bridgehead atoms. The van der Waals surface area contributed by atoms with E-state index in [9.17, 15) is 12.9 Å². The summed E-state index contributed by atoms with van der Waals surface area (Å²) < 4.78 is 36.0. The van der Waals surface area contributed by atoms with Gasteiger partial charge in [0.2, 0.25) is 0 Å². The Hall–Kier alpha value is 1.19. The van der Waals surface area contributed by atoms with Crippen molar-refractivity contribution >= 4 is 6.98 Å². The molecule has 0 radical (unpaired) electrons. The van der Waals surface area contributed by atoms with Gasteiger partial charge in [-0.25, -0.2) is 0 Å². The SMILES string of the molecule is C=C(CN(C)C(C)C)[B-](F)(F)F.[K+]. The molecule has 0 spiro atoms. The molecule has 0 unspecified atom stereocenters. The maximum atomic E-state index is 12.0. The molecule has 0 rings (SSSR count). The molecule has 0 amide bonds. The van der Waals surface area contributed by atoms with Gasteiger partial charge in [-0.1, -0.05) is 0 Å². The fraction of sp³-hybridized carbons (Fsp3) is 0.714. The summed E-state index contributed by atoms with van der Waals surface area (Å²) in [5, 5.41) is 0. The Labute approximate surface area is 120 Å². The van der Waals surface area contributed by atoms with Gasteiger partial charge in [-0.15, -0.1) is 12.1 Å². The zero-order valence-electron chi connectivity index (χ0n) is 8.65. The number of rotatable bonds is 4. The van der Waals surface area contributed by atoms with Gasteiger partial charge >= 0.3 is 58.4 Å². The molecule has 0 aliphatic carbocycles. The summed E-state index contributed by atoms with van der Waals surface area (Å²) in [4.78, 5) is 1.61. The second-order valence-corrected chi connectivity index (χ2v) is 3.24. The van der Waals surface area contributed by atoms with E-state index >= 15 is 0 Å². The van der Waals surface area contributed by atoms with E-state index < -0.39 is 12.4 Å². The molecular weight excluding hydrogens is 205 g/mol. The zero-order chi connectivity index (χ0) is 9.94. The van der Waals surface area contributed by atoms with Crippen LogP contribution in [0.1, 0.15) is 13.8 Å². The van der Waals surface area contributed by atoms with E-state index in [-0.39, 0.29) is 64.0 Å². The maximum Gasteiger partial charge on any atom is 1.00 e. The van der Waals surface area contributed by atoms with Crippen LogP contribution in [0.15, 0.2) is 12.1 Å². The Balaban J connectivity index is 0. The summed E-state index contributed by atoms with van der Waals surface area (Å²) in [5.41, 5.74) is -0.633. The van der Waals surface area contributed by atoms with Crippen molar-refractivity contribution in [2.45, 2.75) is 19.9 Å². The van der Waals surface area contributed by atoms with E-state index in [4.69, 9.17) is 0 Å². The molecule has 0 aliphatic rings. The van der Waals surface area contributed by atoms with Crippen molar-refractivity contribution in [3.05, 3.63) is 12.1 Å². The van der Waals surface area contributed by atoms with Crippen molar-refractivity contribution in [1.29, 1.82) is 0 Å². The number of halogens is 3. The van der Waals surface area contributed by atoms with Crippen molar-refractivity contribution in [1.82, 2.24) is 4.90 Å². The second-order valence-electron chi connectivity index (χ2n) is 3.24. The number of hydrogen-bond donors (Lipinski definition) is 0. The van der Waals surface area contributed by atoms with Gasteiger partial charge in [0.1, 0.15) is 0 Å². The maximum absolute atomic E-state index is 12.0. The topological polar surface area (TPSA) is 3.24 Å². The molecule has 0 fully saturated rings. The molecule has 13 heavy (non-hydrogen) atoms. The first-order valence-corrected chi connectivity index (χ1v) is 3.83. The van der Waals surface area contributed by atoms with E-state index in [0.29, 0.717) is 0 Å². The molecule has 0 aromatic carbocycles. The van der Waals surface area contributed by atoms with Crippen LogP contribution in [0.25, 0.3) is 0 Å². The van der Waals surface area contributed by atoms with Crippen molar-refractivity contribution in [3.8, 4) is 0 Å². The standard InChI is InChI=1S/C7H14BF3N.K/c1-6(2)12(4)5-7(3)8(9,10)11;/h6H,3,5H2,1-2,4H3;/q-1;+1. The Morgan fingerprint density at radius 1 is 1.38 bits per heavy atom. The van der Waals surface area contributed by atoms with Crippen LogP contribution in [0.3, 0.4) is 0 Å². The average Bonchev–Trinajstić information content (AvgIpc) is 1.85. The first-order valence-electron chi connectivity index (χ1n) is 3.83. The van der Waals surface area contributed by atoms with Crippen molar-refractivity contribution in [2.75, 3.05) is 13.6 Å². The molecule has 6 heteroatoms. The van der Waals surface area contributed by atoms with Gasteiger partial charge in [-0.2, -0.15) is 0 Å². The Morgan fingerprint density at radius 2 is 1.77 bits per heavy atom.